The molecule has 1 unspecified atom stereocenters. The van der Waals surface area contributed by atoms with Gasteiger partial charge in [0.15, 0.2) is 0 Å². The highest BCUT2D eigenvalue weighted by Crippen LogP contribution is 2.31. The molecule has 86 valence electrons. The normalized spacial score (nSPS) is 18.4. The lowest BCUT2D eigenvalue weighted by atomic mass is 10.0. The van der Waals surface area contributed by atoms with Crippen LogP contribution in [0.4, 0.5) is 0 Å². The SMILES string of the molecule is CCCC(=O)NC1CCOc2ccccc21. The van der Waals surface area contributed by atoms with Crippen molar-refractivity contribution in [3.05, 3.63) is 29.8 Å². The van der Waals surface area contributed by atoms with Crippen molar-refractivity contribution >= 4 is 5.91 Å². The second-order valence-electron chi connectivity index (χ2n) is 4.05. The molecule has 1 aromatic carbocycles. The summed E-state index contributed by atoms with van der Waals surface area (Å²) in [5.41, 5.74) is 1.10. The lowest BCUT2D eigenvalue weighted by Gasteiger charge is -2.26. The first-order valence-electron chi connectivity index (χ1n) is 5.82. The fourth-order valence-corrected chi connectivity index (χ4v) is 1.99. The summed E-state index contributed by atoms with van der Waals surface area (Å²) in [6.45, 7) is 2.69. The number of para-hydroxylation sites is 1. The molecule has 1 atom stereocenters. The van der Waals surface area contributed by atoms with Crippen LogP contribution in [0, 0.1) is 0 Å². The van der Waals surface area contributed by atoms with Crippen LogP contribution in [-0.4, -0.2) is 12.5 Å². The highest BCUT2D eigenvalue weighted by molar-refractivity contribution is 5.76. The molecule has 0 bridgehead atoms. The van der Waals surface area contributed by atoms with Crippen molar-refractivity contribution in [2.24, 2.45) is 0 Å². The maximum atomic E-state index is 11.6. The zero-order valence-electron chi connectivity index (χ0n) is 9.53. The number of rotatable bonds is 3. The Morgan fingerprint density at radius 3 is 3.12 bits per heavy atom. The van der Waals surface area contributed by atoms with Crippen molar-refractivity contribution in [2.45, 2.75) is 32.2 Å². The predicted molar refractivity (Wildman–Crippen MR) is 62.3 cm³/mol. The minimum atomic E-state index is 0.115. The van der Waals surface area contributed by atoms with Gasteiger partial charge in [0.05, 0.1) is 12.6 Å². The van der Waals surface area contributed by atoms with Gasteiger partial charge in [-0.3, -0.25) is 4.79 Å². The molecule has 1 aliphatic heterocycles. The maximum absolute atomic E-state index is 11.6. The van der Waals surface area contributed by atoms with E-state index in [4.69, 9.17) is 4.74 Å². The Labute approximate surface area is 95.8 Å². The van der Waals surface area contributed by atoms with E-state index in [1.165, 1.54) is 0 Å². The summed E-state index contributed by atoms with van der Waals surface area (Å²) in [6, 6.07) is 8.02. The summed E-state index contributed by atoms with van der Waals surface area (Å²) < 4.78 is 5.54. The van der Waals surface area contributed by atoms with E-state index in [1.54, 1.807) is 0 Å². The van der Waals surface area contributed by atoms with Gasteiger partial charge in [-0.25, -0.2) is 0 Å². The van der Waals surface area contributed by atoms with Crippen LogP contribution < -0.4 is 10.1 Å². The molecule has 2 rings (SSSR count). The van der Waals surface area contributed by atoms with Crippen molar-refractivity contribution < 1.29 is 9.53 Å². The third-order valence-electron chi connectivity index (χ3n) is 2.77. The van der Waals surface area contributed by atoms with Crippen LogP contribution in [0.25, 0.3) is 0 Å². The molecule has 0 spiro atoms. The summed E-state index contributed by atoms with van der Waals surface area (Å²) in [4.78, 5) is 11.6. The molecular weight excluding hydrogens is 202 g/mol. The molecule has 0 saturated heterocycles. The predicted octanol–water partition coefficient (Wildman–Crippen LogP) is 2.43. The van der Waals surface area contributed by atoms with Crippen molar-refractivity contribution in [2.75, 3.05) is 6.61 Å². The number of hydrogen-bond donors (Lipinski definition) is 1. The van der Waals surface area contributed by atoms with Gasteiger partial charge < -0.3 is 10.1 Å². The summed E-state index contributed by atoms with van der Waals surface area (Å²) in [6.07, 6.45) is 2.34. The molecule has 1 amide bonds. The fraction of sp³-hybridized carbons (Fsp3) is 0.462. The highest BCUT2D eigenvalue weighted by atomic mass is 16.5. The number of carbonyl (C=O) groups is 1. The van der Waals surface area contributed by atoms with Gasteiger partial charge in [-0.2, -0.15) is 0 Å². The van der Waals surface area contributed by atoms with Crippen LogP contribution in [0.1, 0.15) is 37.8 Å². The Kier molecular flexibility index (Phi) is 3.44. The summed E-state index contributed by atoms with van der Waals surface area (Å²) in [7, 11) is 0. The van der Waals surface area contributed by atoms with E-state index in [1.807, 2.05) is 31.2 Å². The first-order valence-corrected chi connectivity index (χ1v) is 5.82. The van der Waals surface area contributed by atoms with E-state index in [-0.39, 0.29) is 11.9 Å². The van der Waals surface area contributed by atoms with Gasteiger partial charge in [-0.15, -0.1) is 0 Å². The first-order chi connectivity index (χ1) is 7.81. The van der Waals surface area contributed by atoms with Crippen LogP contribution in [-0.2, 0) is 4.79 Å². The lowest BCUT2D eigenvalue weighted by molar-refractivity contribution is -0.122. The average Bonchev–Trinajstić information content (AvgIpc) is 2.30. The molecule has 3 nitrogen and oxygen atoms in total. The Hall–Kier alpha value is -1.51. The smallest absolute Gasteiger partial charge is 0.220 e. The van der Waals surface area contributed by atoms with Gasteiger partial charge in [0.2, 0.25) is 5.91 Å². The highest BCUT2D eigenvalue weighted by Gasteiger charge is 2.21. The Balaban J connectivity index is 2.10. The molecular formula is C13H17NO2. The van der Waals surface area contributed by atoms with Crippen LogP contribution in [0.3, 0.4) is 0 Å². The summed E-state index contributed by atoms with van der Waals surface area (Å²) in [5, 5.41) is 3.06. The molecule has 1 aliphatic rings. The molecule has 0 fully saturated rings. The zero-order chi connectivity index (χ0) is 11.4. The van der Waals surface area contributed by atoms with E-state index in [0.717, 1.165) is 24.2 Å². The van der Waals surface area contributed by atoms with E-state index < -0.39 is 0 Å². The first kappa shape index (κ1) is 11.0. The summed E-state index contributed by atoms with van der Waals surface area (Å²) in [5.74, 6) is 1.03. The monoisotopic (exact) mass is 219 g/mol. The molecule has 1 N–H and O–H groups in total. The lowest BCUT2D eigenvalue weighted by Crippen LogP contribution is -2.31. The maximum Gasteiger partial charge on any atom is 0.220 e. The fourth-order valence-electron chi connectivity index (χ4n) is 1.99. The van der Waals surface area contributed by atoms with Crippen molar-refractivity contribution in [3.63, 3.8) is 0 Å². The van der Waals surface area contributed by atoms with E-state index in [0.29, 0.717) is 13.0 Å². The minimum absolute atomic E-state index is 0.115. The Bertz CT molecular complexity index is 376. The quantitative estimate of drug-likeness (QED) is 0.847. The van der Waals surface area contributed by atoms with Gasteiger partial charge in [-0.05, 0) is 12.5 Å². The van der Waals surface area contributed by atoms with Gasteiger partial charge >= 0.3 is 0 Å². The minimum Gasteiger partial charge on any atom is -0.493 e. The van der Waals surface area contributed by atoms with Gasteiger partial charge in [0.25, 0.3) is 0 Å². The topological polar surface area (TPSA) is 38.3 Å². The number of fused-ring (bicyclic) bond motifs is 1. The molecule has 3 heteroatoms. The summed E-state index contributed by atoms with van der Waals surface area (Å²) >= 11 is 0. The van der Waals surface area contributed by atoms with Crippen molar-refractivity contribution in [1.82, 2.24) is 5.32 Å². The van der Waals surface area contributed by atoms with Crippen LogP contribution in [0.5, 0.6) is 5.75 Å². The largest absolute Gasteiger partial charge is 0.493 e. The van der Waals surface area contributed by atoms with Crippen molar-refractivity contribution in [1.29, 1.82) is 0 Å². The van der Waals surface area contributed by atoms with Gasteiger partial charge in [0, 0.05) is 18.4 Å². The van der Waals surface area contributed by atoms with E-state index in [9.17, 15) is 4.79 Å². The molecule has 1 heterocycles. The third-order valence-corrected chi connectivity index (χ3v) is 2.77. The number of carbonyl (C=O) groups excluding carboxylic acids is 1. The second-order valence-corrected chi connectivity index (χ2v) is 4.05. The molecule has 0 saturated carbocycles. The van der Waals surface area contributed by atoms with Crippen LogP contribution in [0.15, 0.2) is 24.3 Å². The van der Waals surface area contributed by atoms with Crippen molar-refractivity contribution in [3.8, 4) is 5.75 Å². The number of nitrogens with one attached hydrogen (secondary N) is 1. The Morgan fingerprint density at radius 2 is 2.31 bits per heavy atom. The van der Waals surface area contributed by atoms with Crippen LogP contribution in [0.2, 0.25) is 0 Å². The molecule has 1 aromatic rings. The zero-order valence-corrected chi connectivity index (χ0v) is 9.53. The number of ether oxygens (including phenoxy) is 1. The molecule has 16 heavy (non-hydrogen) atoms. The number of hydrogen-bond acceptors (Lipinski definition) is 2. The Morgan fingerprint density at radius 1 is 1.50 bits per heavy atom. The molecule has 0 aromatic heterocycles. The average molecular weight is 219 g/mol. The van der Waals surface area contributed by atoms with E-state index in [2.05, 4.69) is 5.32 Å². The van der Waals surface area contributed by atoms with Gasteiger partial charge in [-0.1, -0.05) is 25.1 Å². The number of benzene rings is 1. The molecule has 0 radical (unpaired) electrons. The second kappa shape index (κ2) is 5.01. The van der Waals surface area contributed by atoms with Crippen LogP contribution >= 0.6 is 0 Å². The molecule has 0 aliphatic carbocycles. The van der Waals surface area contributed by atoms with Gasteiger partial charge in [0.1, 0.15) is 5.75 Å². The standard InChI is InChI=1S/C13H17NO2/c1-2-5-13(15)14-11-8-9-16-12-7-4-3-6-10(11)12/h3-4,6-7,11H,2,5,8-9H2,1H3,(H,14,15). The van der Waals surface area contributed by atoms with E-state index >= 15 is 0 Å². The third kappa shape index (κ3) is 2.35. The number of amides is 1.